The molecule has 1 saturated heterocycles. The summed E-state index contributed by atoms with van der Waals surface area (Å²) in [6.07, 6.45) is -4.69. The minimum Gasteiger partial charge on any atom is -0.480 e. The molecular formula is C13H19N5O12P2. The van der Waals surface area contributed by atoms with Crippen molar-refractivity contribution >= 4 is 38.4 Å². The number of aliphatic carboxylic acids is 1. The zero-order chi connectivity index (χ0) is 23.8. The van der Waals surface area contributed by atoms with Crippen LogP contribution in [0.15, 0.2) is 12.7 Å². The summed E-state index contributed by atoms with van der Waals surface area (Å²) in [6.45, 7) is -0.726. The first-order valence-corrected chi connectivity index (χ1v) is 12.0. The molecular weight excluding hydrogens is 480 g/mol. The average molecular weight is 499 g/mol. The zero-order valence-electron chi connectivity index (χ0n) is 15.8. The molecule has 5 atom stereocenters. The van der Waals surface area contributed by atoms with Gasteiger partial charge in [0.2, 0.25) is 0 Å². The second kappa shape index (κ2) is 9.07. The lowest BCUT2D eigenvalue weighted by Crippen LogP contribution is -2.33. The number of aliphatic hydroxyl groups is 2. The number of anilines is 1. The van der Waals surface area contributed by atoms with E-state index in [0.29, 0.717) is 0 Å². The number of aromatic nitrogens is 4. The van der Waals surface area contributed by atoms with E-state index in [1.807, 2.05) is 0 Å². The summed E-state index contributed by atoms with van der Waals surface area (Å²) < 4.78 is 33.0. The Labute approximate surface area is 178 Å². The number of carbonyl (C=O) groups is 1. The summed E-state index contributed by atoms with van der Waals surface area (Å²) in [5.74, 6) is -1.73. The standard InChI is InChI=1S/C13H19N5O12P2/c19-8-6(1-29-32(26,27)28)30-12(9(8)20)18-4-16-7-10(14-3-15-11(7)18)17-5(13(21)22)2-31(23,24)25/h3-6,8-9,12,19-20H,1-2H2,(H,21,22)(H,14,15,17)(H2,23,24,25)(H2,26,27,28)/t5-,6+,8+,9+,12+/m0/s1. The Balaban J connectivity index is 1.86. The number of fused-ring (bicyclic) bond motifs is 1. The molecule has 0 aromatic carbocycles. The van der Waals surface area contributed by atoms with Crippen LogP contribution in [-0.4, -0.2) is 97.5 Å². The Kier molecular flexibility index (Phi) is 6.97. The van der Waals surface area contributed by atoms with E-state index in [2.05, 4.69) is 24.8 Å². The molecule has 2 aromatic heterocycles. The van der Waals surface area contributed by atoms with Crippen LogP contribution in [0, 0.1) is 0 Å². The van der Waals surface area contributed by atoms with Gasteiger partial charge in [0.25, 0.3) is 0 Å². The minimum absolute atomic E-state index is 0.00405. The number of carboxylic acids is 1. The van der Waals surface area contributed by atoms with Gasteiger partial charge < -0.3 is 44.9 Å². The number of carboxylic acid groups (broad SMARTS) is 1. The van der Waals surface area contributed by atoms with Crippen LogP contribution in [0.1, 0.15) is 6.23 Å². The van der Waals surface area contributed by atoms with Gasteiger partial charge in [-0.15, -0.1) is 0 Å². The molecule has 0 saturated carbocycles. The maximum Gasteiger partial charge on any atom is 0.469 e. The molecule has 2 aromatic rings. The van der Waals surface area contributed by atoms with Crippen molar-refractivity contribution in [3.05, 3.63) is 12.7 Å². The molecule has 0 bridgehead atoms. The lowest BCUT2D eigenvalue weighted by molar-refractivity contribution is -0.137. The first-order chi connectivity index (χ1) is 14.8. The first kappa shape index (κ1) is 24.6. The van der Waals surface area contributed by atoms with Gasteiger partial charge in [0.05, 0.1) is 19.1 Å². The molecule has 1 aliphatic heterocycles. The smallest absolute Gasteiger partial charge is 0.469 e. The second-order valence-electron chi connectivity index (χ2n) is 6.76. The van der Waals surface area contributed by atoms with Crippen LogP contribution in [0.4, 0.5) is 5.82 Å². The highest BCUT2D eigenvalue weighted by atomic mass is 31.2. The maximum absolute atomic E-state index is 11.4. The molecule has 0 radical (unpaired) electrons. The number of nitrogens with one attached hydrogen (secondary N) is 1. The van der Waals surface area contributed by atoms with Gasteiger partial charge in [0, 0.05) is 0 Å². The molecule has 1 fully saturated rings. The topological polar surface area (TPSA) is 267 Å². The quantitative estimate of drug-likeness (QED) is 0.167. The number of hydrogen-bond donors (Lipinski definition) is 8. The molecule has 3 rings (SSSR count). The van der Waals surface area contributed by atoms with Crippen molar-refractivity contribution in [3.63, 3.8) is 0 Å². The zero-order valence-corrected chi connectivity index (χ0v) is 17.6. The van der Waals surface area contributed by atoms with Crippen molar-refractivity contribution in [2.75, 3.05) is 18.1 Å². The highest BCUT2D eigenvalue weighted by Crippen LogP contribution is 2.39. The Bertz CT molecular complexity index is 1080. The Hall–Kier alpha value is -2.04. The molecule has 1 aliphatic rings. The molecule has 19 heteroatoms. The summed E-state index contributed by atoms with van der Waals surface area (Å²) in [6, 6.07) is -1.71. The van der Waals surface area contributed by atoms with E-state index in [1.54, 1.807) is 0 Å². The summed E-state index contributed by atoms with van der Waals surface area (Å²) >= 11 is 0. The minimum atomic E-state index is -4.85. The van der Waals surface area contributed by atoms with Gasteiger partial charge in [0.15, 0.2) is 23.2 Å². The van der Waals surface area contributed by atoms with Gasteiger partial charge in [-0.25, -0.2) is 24.3 Å². The SMILES string of the molecule is O=C(O)[C@H](CP(=O)(O)O)Nc1ncnc2c1ncn2[C@@H]1O[C@H](COP(=O)(O)O)[C@@H](O)[C@H]1O. The Morgan fingerprint density at radius 1 is 1.19 bits per heavy atom. The normalized spacial score (nSPS) is 25.2. The highest BCUT2D eigenvalue weighted by Gasteiger charge is 2.45. The number of aliphatic hydroxyl groups excluding tert-OH is 2. The van der Waals surface area contributed by atoms with Gasteiger partial charge in [-0.2, -0.15) is 0 Å². The molecule has 8 N–H and O–H groups in total. The number of rotatable bonds is 9. The van der Waals surface area contributed by atoms with Crippen molar-refractivity contribution in [2.24, 2.45) is 0 Å². The Morgan fingerprint density at radius 2 is 1.88 bits per heavy atom. The van der Waals surface area contributed by atoms with Crippen LogP contribution >= 0.6 is 15.4 Å². The number of phosphoric ester groups is 1. The number of nitrogens with zero attached hydrogens (tertiary/aromatic N) is 4. The first-order valence-electron chi connectivity index (χ1n) is 8.70. The fraction of sp³-hybridized carbons (Fsp3) is 0.538. The third kappa shape index (κ3) is 5.65. The molecule has 178 valence electrons. The molecule has 17 nitrogen and oxygen atoms in total. The second-order valence-corrected chi connectivity index (χ2v) is 9.70. The van der Waals surface area contributed by atoms with E-state index in [4.69, 9.17) is 24.3 Å². The van der Waals surface area contributed by atoms with Gasteiger partial charge in [-0.1, -0.05) is 0 Å². The summed E-state index contributed by atoms with van der Waals surface area (Å²) in [4.78, 5) is 58.9. The van der Waals surface area contributed by atoms with E-state index in [9.17, 15) is 29.2 Å². The van der Waals surface area contributed by atoms with E-state index in [-0.39, 0.29) is 17.0 Å². The predicted octanol–water partition coefficient (Wildman–Crippen LogP) is -2.40. The summed E-state index contributed by atoms with van der Waals surface area (Å²) in [7, 11) is -9.54. The monoisotopic (exact) mass is 499 g/mol. The fourth-order valence-corrected chi connectivity index (χ4v) is 4.06. The molecule has 3 heterocycles. The molecule has 0 unspecified atom stereocenters. The van der Waals surface area contributed by atoms with Gasteiger partial charge in [0.1, 0.15) is 30.7 Å². The lowest BCUT2D eigenvalue weighted by Gasteiger charge is -2.17. The van der Waals surface area contributed by atoms with Crippen molar-refractivity contribution < 1.29 is 58.1 Å². The van der Waals surface area contributed by atoms with Crippen molar-refractivity contribution in [2.45, 2.75) is 30.6 Å². The lowest BCUT2D eigenvalue weighted by atomic mass is 10.1. The molecule has 0 aliphatic carbocycles. The third-order valence-corrected chi connectivity index (χ3v) is 5.73. The van der Waals surface area contributed by atoms with Crippen molar-refractivity contribution in [3.8, 4) is 0 Å². The third-order valence-electron chi connectivity index (χ3n) is 4.41. The fourth-order valence-electron chi connectivity index (χ4n) is 3.00. The predicted molar refractivity (Wildman–Crippen MR) is 101 cm³/mol. The van der Waals surface area contributed by atoms with Crippen LogP contribution in [0.2, 0.25) is 0 Å². The van der Waals surface area contributed by atoms with Gasteiger partial charge in [-0.05, 0) is 0 Å². The Morgan fingerprint density at radius 3 is 2.47 bits per heavy atom. The highest BCUT2D eigenvalue weighted by molar-refractivity contribution is 7.51. The van der Waals surface area contributed by atoms with E-state index in [0.717, 1.165) is 17.2 Å². The van der Waals surface area contributed by atoms with Gasteiger partial charge in [-0.3, -0.25) is 13.7 Å². The largest absolute Gasteiger partial charge is 0.480 e. The van der Waals surface area contributed by atoms with Crippen LogP contribution in [0.5, 0.6) is 0 Å². The summed E-state index contributed by atoms with van der Waals surface area (Å²) in [5.41, 5.74) is -0.0414. The average Bonchev–Trinajstić information content (AvgIpc) is 3.20. The molecule has 32 heavy (non-hydrogen) atoms. The number of phosphoric acid groups is 1. The van der Waals surface area contributed by atoms with E-state index in [1.165, 1.54) is 0 Å². The van der Waals surface area contributed by atoms with E-state index >= 15 is 0 Å². The van der Waals surface area contributed by atoms with E-state index < -0.39 is 64.7 Å². The molecule has 0 amide bonds. The van der Waals surface area contributed by atoms with Crippen LogP contribution in [0.3, 0.4) is 0 Å². The van der Waals surface area contributed by atoms with Crippen LogP contribution in [-0.2, 0) is 23.2 Å². The van der Waals surface area contributed by atoms with Gasteiger partial charge >= 0.3 is 21.4 Å². The maximum atomic E-state index is 11.4. The number of ether oxygens (including phenoxy) is 1. The van der Waals surface area contributed by atoms with Crippen LogP contribution in [0.25, 0.3) is 11.2 Å². The van der Waals surface area contributed by atoms with Crippen LogP contribution < -0.4 is 5.32 Å². The summed E-state index contributed by atoms with van der Waals surface area (Å²) in [5, 5.41) is 32.0. The van der Waals surface area contributed by atoms with Crippen molar-refractivity contribution in [1.29, 1.82) is 0 Å². The number of hydrogen-bond acceptors (Lipinski definition) is 11. The molecule has 0 spiro atoms. The van der Waals surface area contributed by atoms with Crippen molar-refractivity contribution in [1.82, 2.24) is 19.5 Å². The number of imidazole rings is 1.